The lowest BCUT2D eigenvalue weighted by molar-refractivity contribution is 1.22. The van der Waals surface area contributed by atoms with Gasteiger partial charge in [-0.15, -0.1) is 0 Å². The van der Waals surface area contributed by atoms with Crippen molar-refractivity contribution in [1.82, 2.24) is 9.97 Å². The zero-order chi connectivity index (χ0) is 8.55. The molecule has 0 unspecified atom stereocenters. The average Bonchev–Trinajstić information content (AvgIpc) is 2.07. The van der Waals surface area contributed by atoms with Crippen molar-refractivity contribution in [3.63, 3.8) is 0 Å². The summed E-state index contributed by atoms with van der Waals surface area (Å²) < 4.78 is 0. The average molecular weight is 154 g/mol. The Morgan fingerprint density at radius 1 is 1.08 bits per heavy atom. The predicted octanol–water partition coefficient (Wildman–Crippen LogP) is 1.75. The Morgan fingerprint density at radius 3 is 2.67 bits per heavy atom. The zero-order valence-corrected chi connectivity index (χ0v) is 6.36. The van der Waals surface area contributed by atoms with Gasteiger partial charge in [0.25, 0.3) is 0 Å². The minimum atomic E-state index is 0.557. The number of hydrogen-bond donors (Lipinski definition) is 0. The maximum Gasteiger partial charge on any atom is 0.116 e. The lowest BCUT2D eigenvalue weighted by Gasteiger charge is -2.00. The quantitative estimate of drug-likeness (QED) is 0.577. The molecule has 0 saturated heterocycles. The molecule has 1 heterocycles. The first kappa shape index (κ1) is 7.22. The number of benzene rings is 1. The highest BCUT2D eigenvalue weighted by atomic mass is 14.8. The molecule has 0 fully saturated rings. The van der Waals surface area contributed by atoms with Gasteiger partial charge in [-0.05, 0) is 37.1 Å². The lowest BCUT2D eigenvalue weighted by Crippen LogP contribution is -1.85. The largest absolute Gasteiger partial charge is 0.244 e. The Bertz CT molecular complexity index is 381. The van der Waals surface area contributed by atoms with Crippen molar-refractivity contribution in [2.45, 2.75) is 0 Å². The van der Waals surface area contributed by atoms with Gasteiger partial charge in [0, 0.05) is 11.6 Å². The van der Waals surface area contributed by atoms with E-state index < -0.39 is 0 Å². The molecule has 0 N–H and O–H groups in total. The third-order valence-electron chi connectivity index (χ3n) is 1.71. The van der Waals surface area contributed by atoms with E-state index in [9.17, 15) is 0 Å². The van der Waals surface area contributed by atoms with Crippen molar-refractivity contribution in [3.05, 3.63) is 49.6 Å². The molecule has 0 bridgehead atoms. The molecule has 0 saturated carbocycles. The molecule has 12 heavy (non-hydrogen) atoms. The van der Waals surface area contributed by atoms with Crippen molar-refractivity contribution >= 4 is 10.9 Å². The molecule has 4 radical (unpaired) electrons. The monoisotopic (exact) mass is 154 g/mol. The van der Waals surface area contributed by atoms with Crippen molar-refractivity contribution < 1.29 is 0 Å². The molecule has 2 heteroatoms. The van der Waals surface area contributed by atoms with E-state index in [1.807, 2.05) is 0 Å². The van der Waals surface area contributed by atoms with Crippen LogP contribution in [0.15, 0.2) is 24.7 Å². The van der Waals surface area contributed by atoms with Gasteiger partial charge in [-0.2, -0.15) is 0 Å². The summed E-state index contributed by atoms with van der Waals surface area (Å²) in [6.45, 7) is 11.2. The Labute approximate surface area is 71.3 Å². The molecule has 1 aromatic carbocycles. The van der Waals surface area contributed by atoms with E-state index in [0.717, 1.165) is 10.9 Å². The number of aromatic nitrogens is 2. The van der Waals surface area contributed by atoms with Crippen LogP contribution in [0.25, 0.3) is 10.9 Å². The molecular weight excluding hydrogens is 148 g/mol. The minimum absolute atomic E-state index is 0.557. The molecule has 0 atom stereocenters. The summed E-state index contributed by atoms with van der Waals surface area (Å²) in [6, 6.07) is 3.51. The lowest BCUT2D eigenvalue weighted by atomic mass is 10.1. The standard InChI is InChI=1S/C10H6N2/c1-7-3-9-5-11-6-12-10(9)4-8(7)2/h1-6H. The first-order valence-electron chi connectivity index (χ1n) is 3.52. The van der Waals surface area contributed by atoms with Gasteiger partial charge in [-0.25, -0.2) is 9.97 Å². The van der Waals surface area contributed by atoms with Gasteiger partial charge < -0.3 is 0 Å². The summed E-state index contributed by atoms with van der Waals surface area (Å²) in [5, 5.41) is 0.907. The van der Waals surface area contributed by atoms with Crippen LogP contribution in [-0.2, 0) is 0 Å². The molecule has 1 aromatic heterocycles. The molecular formula is C10H6N2. The number of fused-ring (bicyclic) bond motifs is 1. The van der Waals surface area contributed by atoms with Crippen LogP contribution in [0.3, 0.4) is 0 Å². The molecule has 0 aliphatic carbocycles. The van der Waals surface area contributed by atoms with Gasteiger partial charge in [0.2, 0.25) is 0 Å². The Kier molecular flexibility index (Phi) is 1.54. The van der Waals surface area contributed by atoms with Crippen molar-refractivity contribution in [3.8, 4) is 0 Å². The second kappa shape index (κ2) is 2.55. The Balaban J connectivity index is 2.84. The van der Waals surface area contributed by atoms with E-state index in [0.29, 0.717) is 11.1 Å². The molecule has 2 aromatic rings. The number of hydrogen-bond acceptors (Lipinski definition) is 2. The summed E-state index contributed by atoms with van der Waals surface area (Å²) in [5.41, 5.74) is 1.94. The van der Waals surface area contributed by atoms with Gasteiger partial charge in [0.15, 0.2) is 0 Å². The molecule has 0 amide bonds. The van der Waals surface area contributed by atoms with Crippen molar-refractivity contribution in [2.24, 2.45) is 0 Å². The molecule has 56 valence electrons. The highest BCUT2D eigenvalue weighted by Gasteiger charge is 1.97. The molecule has 2 nitrogen and oxygen atoms in total. The van der Waals surface area contributed by atoms with E-state index in [4.69, 9.17) is 13.8 Å². The van der Waals surface area contributed by atoms with Crippen LogP contribution in [0.4, 0.5) is 0 Å². The Morgan fingerprint density at radius 2 is 1.83 bits per heavy atom. The number of rotatable bonds is 0. The number of nitrogens with zero attached hydrogens (tertiary/aromatic N) is 2. The zero-order valence-electron chi connectivity index (χ0n) is 6.36. The van der Waals surface area contributed by atoms with E-state index >= 15 is 0 Å². The fourth-order valence-corrected chi connectivity index (χ4v) is 1.06. The molecule has 0 aliphatic rings. The van der Waals surface area contributed by atoms with Crippen LogP contribution in [0.1, 0.15) is 11.1 Å². The normalized spacial score (nSPS) is 10.5. The van der Waals surface area contributed by atoms with Crippen molar-refractivity contribution in [2.75, 3.05) is 0 Å². The van der Waals surface area contributed by atoms with Crippen LogP contribution >= 0.6 is 0 Å². The van der Waals surface area contributed by atoms with Gasteiger partial charge in [-0.1, -0.05) is 0 Å². The predicted molar refractivity (Wildman–Crippen MR) is 46.3 cm³/mol. The highest BCUT2D eigenvalue weighted by molar-refractivity contribution is 5.79. The smallest absolute Gasteiger partial charge is 0.116 e. The van der Waals surface area contributed by atoms with Gasteiger partial charge >= 0.3 is 0 Å². The van der Waals surface area contributed by atoms with Crippen molar-refractivity contribution in [1.29, 1.82) is 0 Å². The fourth-order valence-electron chi connectivity index (χ4n) is 1.06. The van der Waals surface area contributed by atoms with Gasteiger partial charge in [0.05, 0.1) is 5.52 Å². The van der Waals surface area contributed by atoms with Crippen LogP contribution < -0.4 is 0 Å². The Hall–Kier alpha value is -1.44. The van der Waals surface area contributed by atoms with E-state index in [1.54, 1.807) is 18.3 Å². The van der Waals surface area contributed by atoms with Crippen LogP contribution in [0, 0.1) is 13.8 Å². The summed E-state index contributed by atoms with van der Waals surface area (Å²) in [7, 11) is 0. The van der Waals surface area contributed by atoms with Crippen LogP contribution in [0.5, 0.6) is 0 Å². The highest BCUT2D eigenvalue weighted by Crippen LogP contribution is 2.15. The maximum absolute atomic E-state index is 5.61. The summed E-state index contributed by atoms with van der Waals surface area (Å²) >= 11 is 0. The first-order valence-corrected chi connectivity index (χ1v) is 3.52. The van der Waals surface area contributed by atoms with Crippen LogP contribution in [0.2, 0.25) is 0 Å². The molecule has 0 aliphatic heterocycles. The summed E-state index contributed by atoms with van der Waals surface area (Å²) in [4.78, 5) is 7.91. The topological polar surface area (TPSA) is 25.8 Å². The van der Waals surface area contributed by atoms with Gasteiger partial charge in [0.1, 0.15) is 6.33 Å². The van der Waals surface area contributed by atoms with E-state index in [-0.39, 0.29) is 0 Å². The summed E-state index contributed by atoms with van der Waals surface area (Å²) in [6.07, 6.45) is 3.19. The third kappa shape index (κ3) is 1.05. The van der Waals surface area contributed by atoms with Crippen LogP contribution in [-0.4, -0.2) is 9.97 Å². The maximum atomic E-state index is 5.61. The second-order valence-corrected chi connectivity index (χ2v) is 2.56. The van der Waals surface area contributed by atoms with Gasteiger partial charge in [-0.3, -0.25) is 0 Å². The molecule has 2 rings (SSSR count). The SMILES string of the molecule is [CH]c1cc2cncnc2cc1[CH]. The van der Waals surface area contributed by atoms with E-state index in [1.165, 1.54) is 6.33 Å². The van der Waals surface area contributed by atoms with E-state index in [2.05, 4.69) is 9.97 Å². The minimum Gasteiger partial charge on any atom is -0.244 e. The third-order valence-corrected chi connectivity index (χ3v) is 1.71. The second-order valence-electron chi connectivity index (χ2n) is 2.56. The first-order chi connectivity index (χ1) is 5.77. The fraction of sp³-hybridized carbons (Fsp3) is 0. The summed E-state index contributed by atoms with van der Waals surface area (Å²) in [5.74, 6) is 0. The molecule has 0 spiro atoms.